The van der Waals surface area contributed by atoms with Crippen molar-refractivity contribution in [2.75, 3.05) is 50.9 Å². The Morgan fingerprint density at radius 2 is 2.04 bits per heavy atom. The summed E-state index contributed by atoms with van der Waals surface area (Å²) in [5, 5.41) is 8.71. The predicted octanol–water partition coefficient (Wildman–Crippen LogP) is 3.43. The van der Waals surface area contributed by atoms with Crippen LogP contribution in [-0.2, 0) is 6.54 Å². The molecule has 1 aromatic carbocycles. The average molecular weight is 424 g/mol. The molecule has 156 valence electrons. The Labute approximate surface area is 179 Å². The number of anilines is 1. The molecule has 1 aliphatic carbocycles. The Balaban J connectivity index is 1.60. The summed E-state index contributed by atoms with van der Waals surface area (Å²) in [6.45, 7) is 7.17. The number of likely N-dealkylation sites (N-methyl/N-ethyl adjacent to an activating group) is 1. The van der Waals surface area contributed by atoms with E-state index in [1.54, 1.807) is 0 Å². The normalized spacial score (nSPS) is 23.9. The highest BCUT2D eigenvalue weighted by atomic mass is 35.5. The first-order valence-electron chi connectivity index (χ1n) is 10.4. The van der Waals surface area contributed by atoms with Gasteiger partial charge >= 0.3 is 0 Å². The molecule has 0 amide bonds. The van der Waals surface area contributed by atoms with Crippen LogP contribution in [0.15, 0.2) is 23.2 Å². The van der Waals surface area contributed by atoms with Crippen LogP contribution >= 0.6 is 23.4 Å². The van der Waals surface area contributed by atoms with Gasteiger partial charge in [-0.05, 0) is 44.2 Å². The predicted molar refractivity (Wildman–Crippen MR) is 124 cm³/mol. The summed E-state index contributed by atoms with van der Waals surface area (Å²) < 4.78 is 0. The quantitative estimate of drug-likeness (QED) is 0.542. The average Bonchev–Trinajstić information content (AvgIpc) is 3.14. The number of piperazine rings is 1. The van der Waals surface area contributed by atoms with Crippen molar-refractivity contribution in [2.45, 2.75) is 44.0 Å². The van der Waals surface area contributed by atoms with E-state index < -0.39 is 0 Å². The second-order valence-electron chi connectivity index (χ2n) is 7.69. The van der Waals surface area contributed by atoms with E-state index in [4.69, 9.17) is 11.6 Å². The van der Waals surface area contributed by atoms with Gasteiger partial charge in [0.2, 0.25) is 0 Å². The number of thioether (sulfide) groups is 1. The minimum atomic E-state index is 0.513. The molecule has 1 saturated carbocycles. The van der Waals surface area contributed by atoms with Crippen LogP contribution in [0.1, 0.15) is 31.7 Å². The van der Waals surface area contributed by atoms with Crippen LogP contribution in [0.2, 0.25) is 5.02 Å². The van der Waals surface area contributed by atoms with E-state index in [2.05, 4.69) is 63.3 Å². The molecule has 0 bridgehead atoms. The molecule has 7 heteroatoms. The van der Waals surface area contributed by atoms with E-state index in [1.807, 2.05) is 13.1 Å². The number of rotatable bonds is 6. The first-order chi connectivity index (χ1) is 13.6. The van der Waals surface area contributed by atoms with Gasteiger partial charge in [-0.1, -0.05) is 24.6 Å². The number of hydrogen-bond acceptors (Lipinski definition) is 4. The second kappa shape index (κ2) is 10.6. The van der Waals surface area contributed by atoms with Gasteiger partial charge in [-0.3, -0.25) is 4.99 Å². The number of benzene rings is 1. The molecule has 1 aromatic rings. The van der Waals surface area contributed by atoms with Gasteiger partial charge in [-0.25, -0.2) is 0 Å². The molecule has 5 nitrogen and oxygen atoms in total. The van der Waals surface area contributed by atoms with Crippen molar-refractivity contribution >= 4 is 35.0 Å². The van der Waals surface area contributed by atoms with Gasteiger partial charge in [0, 0.05) is 67.3 Å². The molecule has 1 heterocycles. The molecule has 1 aliphatic heterocycles. The van der Waals surface area contributed by atoms with Gasteiger partial charge in [0.1, 0.15) is 0 Å². The van der Waals surface area contributed by atoms with E-state index in [-0.39, 0.29) is 0 Å². The summed E-state index contributed by atoms with van der Waals surface area (Å²) >= 11 is 8.67. The van der Waals surface area contributed by atoms with E-state index in [9.17, 15) is 0 Å². The highest BCUT2D eigenvalue weighted by molar-refractivity contribution is 7.99. The Kier molecular flexibility index (Phi) is 8.18. The third kappa shape index (κ3) is 5.71. The van der Waals surface area contributed by atoms with E-state index >= 15 is 0 Å². The minimum absolute atomic E-state index is 0.513. The minimum Gasteiger partial charge on any atom is -0.369 e. The maximum Gasteiger partial charge on any atom is 0.191 e. The standard InChI is InChI=1S/C21H34ClN5S/c1-4-28-17-9-8-16(14-17)25-21(23-2)24-15-18-19(22)6-5-7-20(18)27-12-10-26(3)11-13-27/h5-7,16-17H,4,8-15H2,1-3H3,(H2,23,24,25). The summed E-state index contributed by atoms with van der Waals surface area (Å²) in [5.74, 6) is 2.07. The van der Waals surface area contributed by atoms with Gasteiger partial charge in [-0.2, -0.15) is 11.8 Å². The fraction of sp³-hybridized carbons (Fsp3) is 0.667. The van der Waals surface area contributed by atoms with Crippen LogP contribution < -0.4 is 15.5 Å². The van der Waals surface area contributed by atoms with Crippen LogP contribution in [0.25, 0.3) is 0 Å². The van der Waals surface area contributed by atoms with Crippen molar-refractivity contribution in [1.82, 2.24) is 15.5 Å². The molecule has 2 N–H and O–H groups in total. The van der Waals surface area contributed by atoms with Gasteiger partial charge < -0.3 is 20.4 Å². The molecule has 0 aromatic heterocycles. The molecule has 0 radical (unpaired) electrons. The molecule has 2 fully saturated rings. The Hall–Kier alpha value is -1.11. The summed E-state index contributed by atoms with van der Waals surface area (Å²) in [5.41, 5.74) is 2.39. The lowest BCUT2D eigenvalue weighted by Gasteiger charge is -2.35. The molecule has 2 atom stereocenters. The van der Waals surface area contributed by atoms with Crippen molar-refractivity contribution in [3.63, 3.8) is 0 Å². The largest absolute Gasteiger partial charge is 0.369 e. The third-order valence-corrected chi connectivity index (χ3v) is 7.31. The molecule has 1 saturated heterocycles. The molecule has 3 rings (SSSR count). The molecular formula is C21H34ClN5S. The van der Waals surface area contributed by atoms with Crippen LogP contribution in [0.3, 0.4) is 0 Å². The van der Waals surface area contributed by atoms with Crippen LogP contribution in [0.4, 0.5) is 5.69 Å². The zero-order chi connectivity index (χ0) is 19.9. The number of halogens is 1. The summed E-state index contributed by atoms with van der Waals surface area (Å²) in [6, 6.07) is 6.74. The highest BCUT2D eigenvalue weighted by Gasteiger charge is 2.25. The second-order valence-corrected chi connectivity index (χ2v) is 9.67. The van der Waals surface area contributed by atoms with Gasteiger partial charge in [0.15, 0.2) is 5.96 Å². The van der Waals surface area contributed by atoms with Gasteiger partial charge in [-0.15, -0.1) is 0 Å². The van der Waals surface area contributed by atoms with Gasteiger partial charge in [0.25, 0.3) is 0 Å². The molecule has 2 aliphatic rings. The van der Waals surface area contributed by atoms with E-state index in [0.29, 0.717) is 12.6 Å². The van der Waals surface area contributed by atoms with Crippen LogP contribution in [-0.4, -0.2) is 68.2 Å². The maximum atomic E-state index is 6.59. The van der Waals surface area contributed by atoms with Crippen molar-refractivity contribution in [1.29, 1.82) is 0 Å². The number of aliphatic imine (C=N–C) groups is 1. The zero-order valence-corrected chi connectivity index (χ0v) is 19.0. The van der Waals surface area contributed by atoms with Crippen molar-refractivity contribution in [2.24, 2.45) is 4.99 Å². The monoisotopic (exact) mass is 423 g/mol. The van der Waals surface area contributed by atoms with E-state index in [0.717, 1.165) is 48.0 Å². The number of nitrogens with one attached hydrogen (secondary N) is 2. The topological polar surface area (TPSA) is 42.9 Å². The smallest absolute Gasteiger partial charge is 0.191 e. The van der Waals surface area contributed by atoms with E-state index in [1.165, 1.54) is 30.7 Å². The summed E-state index contributed by atoms with van der Waals surface area (Å²) in [4.78, 5) is 9.26. The van der Waals surface area contributed by atoms with Gasteiger partial charge in [0.05, 0.1) is 0 Å². The lowest BCUT2D eigenvalue weighted by atomic mass is 10.1. The van der Waals surface area contributed by atoms with Crippen LogP contribution in [0.5, 0.6) is 0 Å². The lowest BCUT2D eigenvalue weighted by Crippen LogP contribution is -2.45. The first-order valence-corrected chi connectivity index (χ1v) is 11.8. The van der Waals surface area contributed by atoms with Crippen molar-refractivity contribution in [3.05, 3.63) is 28.8 Å². The number of nitrogens with zero attached hydrogens (tertiary/aromatic N) is 3. The molecule has 2 unspecified atom stereocenters. The van der Waals surface area contributed by atoms with Crippen LogP contribution in [0, 0.1) is 0 Å². The molecule has 0 spiro atoms. The summed E-state index contributed by atoms with van der Waals surface area (Å²) in [6.07, 6.45) is 3.74. The lowest BCUT2D eigenvalue weighted by molar-refractivity contribution is 0.312. The molecule has 28 heavy (non-hydrogen) atoms. The Morgan fingerprint density at radius 1 is 1.25 bits per heavy atom. The Morgan fingerprint density at radius 3 is 2.75 bits per heavy atom. The zero-order valence-electron chi connectivity index (χ0n) is 17.4. The molecular weight excluding hydrogens is 390 g/mol. The fourth-order valence-corrected chi connectivity index (χ4v) is 5.46. The first kappa shape index (κ1) is 21.6. The van der Waals surface area contributed by atoms with Crippen molar-refractivity contribution in [3.8, 4) is 0 Å². The SMILES string of the molecule is CCSC1CCC(NC(=NC)NCc2c(Cl)cccc2N2CCN(C)CC2)C1. The Bertz CT molecular complexity index is 660. The maximum absolute atomic E-state index is 6.59. The highest BCUT2D eigenvalue weighted by Crippen LogP contribution is 2.30. The summed E-state index contributed by atoms with van der Waals surface area (Å²) in [7, 11) is 4.02. The number of hydrogen-bond donors (Lipinski definition) is 2. The fourth-order valence-electron chi connectivity index (χ4n) is 4.08. The van der Waals surface area contributed by atoms with Crippen molar-refractivity contribution < 1.29 is 0 Å². The third-order valence-electron chi connectivity index (χ3n) is 5.72. The number of guanidine groups is 1.